The lowest BCUT2D eigenvalue weighted by Crippen LogP contribution is -2.48. The molecule has 1 saturated heterocycles. The summed E-state index contributed by atoms with van der Waals surface area (Å²) in [6.45, 7) is 3.84. The van der Waals surface area contributed by atoms with E-state index in [1.54, 1.807) is 0 Å². The Hall–Kier alpha value is -1.17. The van der Waals surface area contributed by atoms with Crippen LogP contribution in [-0.2, 0) is 9.53 Å². The van der Waals surface area contributed by atoms with Crippen LogP contribution in [0.5, 0.6) is 0 Å². The van der Waals surface area contributed by atoms with E-state index in [2.05, 4.69) is 0 Å². The average molecular weight is 230 g/mol. The maximum atomic E-state index is 11.9. The highest BCUT2D eigenvalue weighted by atomic mass is 16.6. The highest BCUT2D eigenvalue weighted by Gasteiger charge is 2.33. The number of unbranched alkanes of at least 4 members (excludes halogenated alkanes) is 1. The Labute approximate surface area is 94.7 Å². The summed E-state index contributed by atoms with van der Waals surface area (Å²) in [5.41, 5.74) is 0. The molecule has 0 aromatic rings. The van der Waals surface area contributed by atoms with Crippen molar-refractivity contribution in [2.75, 3.05) is 26.3 Å². The second-order valence-corrected chi connectivity index (χ2v) is 3.88. The monoisotopic (exact) mass is 230 g/mol. The van der Waals surface area contributed by atoms with Crippen LogP contribution in [0.3, 0.4) is 0 Å². The van der Waals surface area contributed by atoms with Crippen LogP contribution in [0.4, 0.5) is 0 Å². The number of carbonyl (C=O) groups excluding carboxylic acids is 1. The fourth-order valence-corrected chi connectivity index (χ4v) is 1.71. The van der Waals surface area contributed by atoms with Gasteiger partial charge in [0.15, 0.2) is 0 Å². The van der Waals surface area contributed by atoms with Gasteiger partial charge in [0.1, 0.15) is 0 Å². The Morgan fingerprint density at radius 1 is 1.50 bits per heavy atom. The van der Waals surface area contributed by atoms with Crippen LogP contribution < -0.4 is 0 Å². The van der Waals surface area contributed by atoms with Crippen LogP contribution in [0.15, 0.2) is 0 Å². The number of nitrogens with zero attached hydrogens (tertiary/aromatic N) is 2. The lowest BCUT2D eigenvalue weighted by Gasteiger charge is -2.27. The molecule has 0 aromatic heterocycles. The van der Waals surface area contributed by atoms with Crippen LogP contribution in [0.2, 0.25) is 0 Å². The summed E-state index contributed by atoms with van der Waals surface area (Å²) in [5, 5.41) is 10.8. The number of amides is 1. The molecule has 6 nitrogen and oxygen atoms in total. The van der Waals surface area contributed by atoms with E-state index in [4.69, 9.17) is 4.74 Å². The molecule has 16 heavy (non-hydrogen) atoms. The van der Waals surface area contributed by atoms with Crippen molar-refractivity contribution in [1.29, 1.82) is 0 Å². The summed E-state index contributed by atoms with van der Waals surface area (Å²) in [4.78, 5) is 23.8. The lowest BCUT2D eigenvalue weighted by atomic mass is 10.1. The van der Waals surface area contributed by atoms with Gasteiger partial charge in [0.25, 0.3) is 11.9 Å². The molecule has 1 amide bonds. The van der Waals surface area contributed by atoms with Crippen molar-refractivity contribution in [3.05, 3.63) is 10.1 Å². The minimum atomic E-state index is -1.07. The quantitative estimate of drug-likeness (QED) is 0.514. The van der Waals surface area contributed by atoms with Crippen molar-refractivity contribution < 1.29 is 14.5 Å². The Kier molecular flexibility index (Phi) is 5.18. The Balaban J connectivity index is 2.54. The Morgan fingerprint density at radius 2 is 2.12 bits per heavy atom. The number of hydrogen-bond acceptors (Lipinski definition) is 4. The minimum Gasteiger partial charge on any atom is -0.378 e. The van der Waals surface area contributed by atoms with Gasteiger partial charge in [-0.1, -0.05) is 13.3 Å². The number of hydrogen-bond donors (Lipinski definition) is 0. The first-order chi connectivity index (χ1) is 7.66. The molecule has 1 atom stereocenters. The highest BCUT2D eigenvalue weighted by molar-refractivity contribution is 5.80. The molecule has 1 fully saturated rings. The van der Waals surface area contributed by atoms with Crippen LogP contribution in [-0.4, -0.2) is 48.1 Å². The molecule has 0 N–H and O–H groups in total. The third-order valence-electron chi connectivity index (χ3n) is 2.69. The fraction of sp³-hybridized carbons (Fsp3) is 0.900. The SMILES string of the molecule is CCCCC(C(=O)N1CCOCC1)[N+](=O)[O-]. The molecule has 0 aliphatic carbocycles. The van der Waals surface area contributed by atoms with Crippen molar-refractivity contribution in [2.45, 2.75) is 32.2 Å². The van der Waals surface area contributed by atoms with E-state index in [1.165, 1.54) is 4.90 Å². The average Bonchev–Trinajstić information content (AvgIpc) is 2.30. The van der Waals surface area contributed by atoms with Crippen molar-refractivity contribution >= 4 is 5.91 Å². The van der Waals surface area contributed by atoms with Crippen LogP contribution in [0.25, 0.3) is 0 Å². The zero-order valence-electron chi connectivity index (χ0n) is 9.55. The predicted octanol–water partition coefficient (Wildman–Crippen LogP) is 0.681. The second kappa shape index (κ2) is 6.42. The molecule has 0 saturated carbocycles. The number of morpholine rings is 1. The molecule has 0 aromatic carbocycles. The maximum absolute atomic E-state index is 11.9. The molecule has 0 radical (unpaired) electrons. The van der Waals surface area contributed by atoms with Crippen LogP contribution in [0.1, 0.15) is 26.2 Å². The molecule has 1 aliphatic heterocycles. The van der Waals surface area contributed by atoms with Gasteiger partial charge in [-0.2, -0.15) is 0 Å². The summed E-state index contributed by atoms with van der Waals surface area (Å²) < 4.78 is 5.11. The second-order valence-electron chi connectivity index (χ2n) is 3.88. The molecule has 6 heteroatoms. The minimum absolute atomic E-state index is 0.333. The Morgan fingerprint density at radius 3 is 2.62 bits per heavy atom. The Bertz CT molecular complexity index is 251. The van der Waals surface area contributed by atoms with Crippen molar-refractivity contribution in [2.24, 2.45) is 0 Å². The van der Waals surface area contributed by atoms with E-state index in [1.807, 2.05) is 6.92 Å². The van der Waals surface area contributed by atoms with Crippen LogP contribution in [0, 0.1) is 10.1 Å². The smallest absolute Gasteiger partial charge is 0.297 e. The van der Waals surface area contributed by atoms with Crippen molar-refractivity contribution in [3.63, 3.8) is 0 Å². The molecule has 1 aliphatic rings. The first kappa shape index (κ1) is 12.9. The molecule has 0 bridgehead atoms. The molecule has 1 unspecified atom stereocenters. The summed E-state index contributed by atoms with van der Waals surface area (Å²) in [6, 6.07) is -1.07. The van der Waals surface area contributed by atoms with Crippen LogP contribution >= 0.6 is 0 Å². The summed E-state index contributed by atoms with van der Waals surface area (Å²) in [7, 11) is 0. The van der Waals surface area contributed by atoms with Gasteiger partial charge in [-0.15, -0.1) is 0 Å². The maximum Gasteiger partial charge on any atom is 0.297 e. The third-order valence-corrected chi connectivity index (χ3v) is 2.69. The number of nitro groups is 1. The molecular weight excluding hydrogens is 212 g/mol. The van der Waals surface area contributed by atoms with E-state index in [9.17, 15) is 14.9 Å². The summed E-state index contributed by atoms with van der Waals surface area (Å²) >= 11 is 0. The number of carbonyl (C=O) groups is 1. The molecule has 1 rings (SSSR count). The van der Waals surface area contributed by atoms with Gasteiger partial charge in [0.2, 0.25) is 0 Å². The van der Waals surface area contributed by atoms with Gasteiger partial charge in [-0.3, -0.25) is 14.9 Å². The molecular formula is C10H18N2O4. The number of ether oxygens (including phenoxy) is 1. The zero-order chi connectivity index (χ0) is 12.0. The van der Waals surface area contributed by atoms with Crippen molar-refractivity contribution in [3.8, 4) is 0 Å². The predicted molar refractivity (Wildman–Crippen MR) is 57.7 cm³/mol. The van der Waals surface area contributed by atoms with E-state index in [-0.39, 0.29) is 5.91 Å². The van der Waals surface area contributed by atoms with Gasteiger partial charge in [0, 0.05) is 24.4 Å². The summed E-state index contributed by atoms with van der Waals surface area (Å²) in [5.74, 6) is -0.359. The van der Waals surface area contributed by atoms with Gasteiger partial charge < -0.3 is 9.64 Å². The van der Waals surface area contributed by atoms with E-state index < -0.39 is 11.0 Å². The van der Waals surface area contributed by atoms with E-state index >= 15 is 0 Å². The largest absolute Gasteiger partial charge is 0.378 e. The molecule has 1 heterocycles. The van der Waals surface area contributed by atoms with Gasteiger partial charge in [-0.05, 0) is 6.42 Å². The number of rotatable bonds is 5. The first-order valence-corrected chi connectivity index (χ1v) is 5.66. The first-order valence-electron chi connectivity index (χ1n) is 5.66. The third kappa shape index (κ3) is 3.44. The molecule has 0 spiro atoms. The van der Waals surface area contributed by atoms with Gasteiger partial charge >= 0.3 is 0 Å². The topological polar surface area (TPSA) is 72.7 Å². The van der Waals surface area contributed by atoms with E-state index in [0.717, 1.165) is 6.42 Å². The highest BCUT2D eigenvalue weighted by Crippen LogP contribution is 2.09. The lowest BCUT2D eigenvalue weighted by molar-refractivity contribution is -0.510. The van der Waals surface area contributed by atoms with Gasteiger partial charge in [0.05, 0.1) is 13.2 Å². The normalized spacial score (nSPS) is 18.2. The fourth-order valence-electron chi connectivity index (χ4n) is 1.71. The van der Waals surface area contributed by atoms with Gasteiger partial charge in [-0.25, -0.2) is 0 Å². The standard InChI is InChI=1S/C10H18N2O4/c1-2-3-4-9(12(14)15)10(13)11-5-7-16-8-6-11/h9H,2-8H2,1H3. The molecule has 92 valence electrons. The summed E-state index contributed by atoms with van der Waals surface area (Å²) in [6.07, 6.45) is 1.90. The van der Waals surface area contributed by atoms with Crippen molar-refractivity contribution in [1.82, 2.24) is 4.90 Å². The zero-order valence-corrected chi connectivity index (χ0v) is 9.55. The van der Waals surface area contributed by atoms with E-state index in [0.29, 0.717) is 39.1 Å².